The van der Waals surface area contributed by atoms with Crippen LogP contribution in [-0.4, -0.2) is 19.5 Å². The summed E-state index contributed by atoms with van der Waals surface area (Å²) >= 11 is 0. The van der Waals surface area contributed by atoms with Crippen LogP contribution in [0, 0.1) is 0 Å². The van der Waals surface area contributed by atoms with Crippen LogP contribution in [0.15, 0.2) is 29.2 Å². The number of carboxylic acids is 1. The van der Waals surface area contributed by atoms with Crippen LogP contribution < -0.4 is 0 Å². The van der Waals surface area contributed by atoms with Gasteiger partial charge in [-0.25, -0.2) is 13.2 Å². The quantitative estimate of drug-likeness (QED) is 0.797. The lowest BCUT2D eigenvalue weighted by Gasteiger charge is -1.97. The third kappa shape index (κ3) is 3.01. The zero-order valence-electron chi connectivity index (χ0n) is 6.27. The molecule has 1 aromatic carbocycles. The highest BCUT2D eigenvalue weighted by atomic mass is 35.7. The van der Waals surface area contributed by atoms with Crippen LogP contribution in [0.4, 0.5) is 0 Å². The normalized spacial score (nSPS) is 10.4. The van der Waals surface area contributed by atoms with E-state index in [0.717, 1.165) is 6.07 Å². The molecule has 1 rings (SSSR count). The van der Waals surface area contributed by atoms with Gasteiger partial charge in [-0.15, -0.1) is 0 Å². The van der Waals surface area contributed by atoms with E-state index >= 15 is 0 Å². The van der Waals surface area contributed by atoms with E-state index in [1.807, 2.05) is 0 Å². The molecule has 0 saturated carbocycles. The van der Waals surface area contributed by atoms with Gasteiger partial charge in [0.25, 0.3) is 9.05 Å². The number of hydrogen-bond acceptors (Lipinski definition) is 3. The molecule has 1 N–H and O–H groups in total. The Morgan fingerprint density at radius 1 is 1.36 bits per heavy atom. The maximum atomic E-state index is 10.8. The Morgan fingerprint density at radius 3 is 2.36 bits per heavy atom. The standard InChI is InChI=1S/C7H5ClO4S.CH4/c8-13(11,12)6-3-1-2-5(4-6)7(9)10;/h1-4H,(H,9,10);1H4. The van der Waals surface area contributed by atoms with Gasteiger partial charge >= 0.3 is 5.97 Å². The lowest BCUT2D eigenvalue weighted by Crippen LogP contribution is -1.98. The molecule has 0 heterocycles. The highest BCUT2D eigenvalue weighted by Crippen LogP contribution is 2.15. The van der Waals surface area contributed by atoms with E-state index in [1.54, 1.807) is 0 Å². The van der Waals surface area contributed by atoms with Crippen molar-refractivity contribution in [2.45, 2.75) is 12.3 Å². The molecule has 0 unspecified atom stereocenters. The summed E-state index contributed by atoms with van der Waals surface area (Å²) in [6.07, 6.45) is 0. The van der Waals surface area contributed by atoms with Crippen LogP contribution in [0.1, 0.15) is 17.8 Å². The highest BCUT2D eigenvalue weighted by molar-refractivity contribution is 8.13. The van der Waals surface area contributed by atoms with Crippen molar-refractivity contribution in [2.24, 2.45) is 0 Å². The molecule has 0 amide bonds. The van der Waals surface area contributed by atoms with Crippen LogP contribution in [0.5, 0.6) is 0 Å². The van der Waals surface area contributed by atoms with Gasteiger partial charge < -0.3 is 5.11 Å². The molecule has 0 aliphatic carbocycles. The smallest absolute Gasteiger partial charge is 0.335 e. The van der Waals surface area contributed by atoms with Gasteiger partial charge in [0.2, 0.25) is 0 Å². The molecule has 0 spiro atoms. The van der Waals surface area contributed by atoms with E-state index in [2.05, 4.69) is 0 Å². The lowest BCUT2D eigenvalue weighted by atomic mass is 10.2. The van der Waals surface area contributed by atoms with Crippen LogP contribution in [0.25, 0.3) is 0 Å². The van der Waals surface area contributed by atoms with Crippen molar-refractivity contribution in [1.82, 2.24) is 0 Å². The van der Waals surface area contributed by atoms with Crippen molar-refractivity contribution in [1.29, 1.82) is 0 Å². The number of benzene rings is 1. The molecule has 6 heteroatoms. The molecule has 0 aliphatic rings. The van der Waals surface area contributed by atoms with Gasteiger partial charge in [-0.3, -0.25) is 0 Å². The van der Waals surface area contributed by atoms with Crippen molar-refractivity contribution < 1.29 is 18.3 Å². The largest absolute Gasteiger partial charge is 0.478 e. The Hall–Kier alpha value is -1.07. The first kappa shape index (κ1) is 12.9. The fraction of sp³-hybridized carbons (Fsp3) is 0.125. The summed E-state index contributed by atoms with van der Waals surface area (Å²) in [6.45, 7) is 0. The highest BCUT2D eigenvalue weighted by Gasteiger charge is 2.12. The van der Waals surface area contributed by atoms with Crippen LogP contribution in [-0.2, 0) is 9.05 Å². The Kier molecular flexibility index (Phi) is 4.09. The van der Waals surface area contributed by atoms with Crippen molar-refractivity contribution >= 4 is 25.7 Å². The predicted octanol–water partition coefficient (Wildman–Crippen LogP) is 1.95. The van der Waals surface area contributed by atoms with E-state index in [4.69, 9.17) is 15.8 Å². The van der Waals surface area contributed by atoms with E-state index in [-0.39, 0.29) is 17.9 Å². The third-order valence-electron chi connectivity index (χ3n) is 1.36. The molecule has 0 saturated heterocycles. The van der Waals surface area contributed by atoms with Gasteiger partial charge in [0.05, 0.1) is 10.5 Å². The van der Waals surface area contributed by atoms with E-state index in [9.17, 15) is 13.2 Å². The van der Waals surface area contributed by atoms with Crippen molar-refractivity contribution in [3.63, 3.8) is 0 Å². The van der Waals surface area contributed by atoms with Gasteiger partial charge in [-0.2, -0.15) is 0 Å². The molecule has 0 aliphatic heterocycles. The van der Waals surface area contributed by atoms with E-state index in [1.165, 1.54) is 18.2 Å². The van der Waals surface area contributed by atoms with E-state index in [0.29, 0.717) is 0 Å². The van der Waals surface area contributed by atoms with Gasteiger partial charge in [-0.1, -0.05) is 13.5 Å². The first-order chi connectivity index (χ1) is 5.91. The number of carbonyl (C=O) groups is 1. The Morgan fingerprint density at radius 2 is 1.93 bits per heavy atom. The molecule has 0 atom stereocenters. The average Bonchev–Trinajstić information content (AvgIpc) is 2.03. The van der Waals surface area contributed by atoms with Crippen LogP contribution >= 0.6 is 10.7 Å². The molecule has 78 valence electrons. The Labute approximate surface area is 86.6 Å². The SMILES string of the molecule is C.O=C(O)c1cccc(S(=O)(=O)Cl)c1. The molecule has 4 nitrogen and oxygen atoms in total. The minimum Gasteiger partial charge on any atom is -0.478 e. The fourth-order valence-corrected chi connectivity index (χ4v) is 1.58. The van der Waals surface area contributed by atoms with Crippen molar-refractivity contribution in [3.05, 3.63) is 29.8 Å². The van der Waals surface area contributed by atoms with Gasteiger partial charge in [0.1, 0.15) is 0 Å². The Bertz CT molecular complexity index is 438. The molecule has 0 fully saturated rings. The second-order valence-corrected chi connectivity index (χ2v) is 4.84. The summed E-state index contributed by atoms with van der Waals surface area (Å²) in [4.78, 5) is 10.2. The zero-order valence-corrected chi connectivity index (χ0v) is 7.84. The molecule has 0 bridgehead atoms. The summed E-state index contributed by atoms with van der Waals surface area (Å²) in [7, 11) is 1.16. The summed E-state index contributed by atoms with van der Waals surface area (Å²) in [5.41, 5.74) is -0.110. The molecule has 0 aromatic heterocycles. The second-order valence-electron chi connectivity index (χ2n) is 2.27. The predicted molar refractivity (Wildman–Crippen MR) is 53.2 cm³/mol. The first-order valence-corrected chi connectivity index (χ1v) is 5.50. The molecule has 0 radical (unpaired) electrons. The zero-order chi connectivity index (χ0) is 10.1. The lowest BCUT2D eigenvalue weighted by molar-refractivity contribution is 0.0696. The fourth-order valence-electron chi connectivity index (χ4n) is 0.781. The van der Waals surface area contributed by atoms with Crippen LogP contribution in [0.2, 0.25) is 0 Å². The van der Waals surface area contributed by atoms with Crippen molar-refractivity contribution in [2.75, 3.05) is 0 Å². The van der Waals surface area contributed by atoms with Crippen molar-refractivity contribution in [3.8, 4) is 0 Å². The first-order valence-electron chi connectivity index (χ1n) is 3.19. The second kappa shape index (κ2) is 4.43. The maximum absolute atomic E-state index is 10.8. The number of halogens is 1. The number of hydrogen-bond donors (Lipinski definition) is 1. The molecule has 1 aromatic rings. The number of aromatic carboxylic acids is 1. The summed E-state index contributed by atoms with van der Waals surface area (Å²) < 4.78 is 21.6. The summed E-state index contributed by atoms with van der Waals surface area (Å²) in [5, 5.41) is 8.54. The van der Waals surface area contributed by atoms with Gasteiger partial charge in [0.15, 0.2) is 0 Å². The third-order valence-corrected chi connectivity index (χ3v) is 2.71. The Balaban J connectivity index is 0.00000169. The number of carboxylic acid groups (broad SMARTS) is 1. The van der Waals surface area contributed by atoms with E-state index < -0.39 is 15.0 Å². The maximum Gasteiger partial charge on any atom is 0.335 e. The van der Waals surface area contributed by atoms with Gasteiger partial charge in [0, 0.05) is 10.7 Å². The minimum atomic E-state index is -3.85. The monoisotopic (exact) mass is 236 g/mol. The molecule has 14 heavy (non-hydrogen) atoms. The van der Waals surface area contributed by atoms with Crippen LogP contribution in [0.3, 0.4) is 0 Å². The summed E-state index contributed by atoms with van der Waals surface area (Å²) in [5.74, 6) is -1.19. The minimum absolute atomic E-state index is 0. The van der Waals surface area contributed by atoms with Gasteiger partial charge in [-0.05, 0) is 18.2 Å². The molecular weight excluding hydrogens is 228 g/mol. The number of rotatable bonds is 2. The topological polar surface area (TPSA) is 71.4 Å². The average molecular weight is 237 g/mol. The summed E-state index contributed by atoms with van der Waals surface area (Å²) in [6, 6.07) is 4.84. The molecular formula is C8H9ClO4S.